The highest BCUT2D eigenvalue weighted by molar-refractivity contribution is 7.99. The first kappa shape index (κ1) is 17.6. The minimum absolute atomic E-state index is 0.0807. The molecular formula is C19H18ClN3OS. The molecule has 3 rings (SSSR count). The van der Waals surface area contributed by atoms with E-state index in [9.17, 15) is 4.79 Å². The predicted molar refractivity (Wildman–Crippen MR) is 104 cm³/mol. The first-order chi connectivity index (χ1) is 12.0. The zero-order valence-electron chi connectivity index (χ0n) is 14.0. The molecule has 128 valence electrons. The van der Waals surface area contributed by atoms with Crippen LogP contribution in [0, 0.1) is 13.8 Å². The van der Waals surface area contributed by atoms with Crippen molar-refractivity contribution in [2.45, 2.75) is 19.0 Å². The van der Waals surface area contributed by atoms with Crippen LogP contribution in [0.15, 0.2) is 60.0 Å². The zero-order valence-corrected chi connectivity index (χ0v) is 15.6. The molecule has 3 aromatic rings. The van der Waals surface area contributed by atoms with Gasteiger partial charge < -0.3 is 5.32 Å². The smallest absolute Gasteiger partial charge is 0.234 e. The van der Waals surface area contributed by atoms with Crippen molar-refractivity contribution in [1.29, 1.82) is 0 Å². The van der Waals surface area contributed by atoms with E-state index in [2.05, 4.69) is 36.3 Å². The van der Waals surface area contributed by atoms with Gasteiger partial charge in [-0.3, -0.25) is 9.36 Å². The fraction of sp³-hybridized carbons (Fsp3) is 0.158. The SMILES string of the molecule is Cc1cccc(-n2ccnc2SCC(=O)Nc2ccc(Cl)cc2)c1C. The van der Waals surface area contributed by atoms with Crippen molar-refractivity contribution in [3.8, 4) is 5.69 Å². The van der Waals surface area contributed by atoms with Crippen LogP contribution in [0.5, 0.6) is 0 Å². The third kappa shape index (κ3) is 4.24. The molecule has 25 heavy (non-hydrogen) atoms. The summed E-state index contributed by atoms with van der Waals surface area (Å²) in [4.78, 5) is 16.5. The molecule has 1 amide bonds. The molecule has 0 radical (unpaired) electrons. The predicted octanol–water partition coefficient (Wildman–Crippen LogP) is 4.87. The molecule has 4 nitrogen and oxygen atoms in total. The molecule has 0 unspecified atom stereocenters. The molecule has 0 saturated carbocycles. The zero-order chi connectivity index (χ0) is 17.8. The number of imidazole rings is 1. The molecule has 1 aromatic heterocycles. The van der Waals surface area contributed by atoms with E-state index in [1.165, 1.54) is 22.9 Å². The lowest BCUT2D eigenvalue weighted by Gasteiger charge is -2.12. The third-order valence-electron chi connectivity index (χ3n) is 3.90. The van der Waals surface area contributed by atoms with Crippen LogP contribution in [-0.4, -0.2) is 21.2 Å². The highest BCUT2D eigenvalue weighted by atomic mass is 35.5. The lowest BCUT2D eigenvalue weighted by Crippen LogP contribution is -2.14. The van der Waals surface area contributed by atoms with Crippen molar-refractivity contribution in [3.63, 3.8) is 0 Å². The maximum atomic E-state index is 12.2. The molecule has 0 aliphatic carbocycles. The Morgan fingerprint density at radius 3 is 2.72 bits per heavy atom. The average Bonchev–Trinajstić information content (AvgIpc) is 3.06. The molecule has 1 heterocycles. The Labute approximate surface area is 156 Å². The number of nitrogens with zero attached hydrogens (tertiary/aromatic N) is 2. The summed E-state index contributed by atoms with van der Waals surface area (Å²) in [5.74, 6) is 0.202. The summed E-state index contributed by atoms with van der Waals surface area (Å²) in [6.07, 6.45) is 3.67. The Hall–Kier alpha value is -2.24. The van der Waals surface area contributed by atoms with Crippen LogP contribution >= 0.6 is 23.4 Å². The van der Waals surface area contributed by atoms with Gasteiger partial charge in [0.05, 0.1) is 11.4 Å². The summed E-state index contributed by atoms with van der Waals surface area (Å²) in [6.45, 7) is 4.18. The van der Waals surface area contributed by atoms with E-state index in [1.807, 2.05) is 16.8 Å². The van der Waals surface area contributed by atoms with Crippen molar-refractivity contribution in [2.75, 3.05) is 11.1 Å². The molecule has 0 saturated heterocycles. The number of rotatable bonds is 5. The molecule has 0 aliphatic rings. The van der Waals surface area contributed by atoms with Gasteiger partial charge in [0, 0.05) is 23.1 Å². The molecule has 0 fully saturated rings. The molecule has 2 aromatic carbocycles. The summed E-state index contributed by atoms with van der Waals surface area (Å²) >= 11 is 7.26. The second-order valence-corrected chi connectivity index (χ2v) is 7.02. The standard InChI is InChI=1S/C19H18ClN3OS/c1-13-4-3-5-17(14(13)2)23-11-10-21-19(23)25-12-18(24)22-16-8-6-15(20)7-9-16/h3-11H,12H2,1-2H3,(H,22,24). The first-order valence-corrected chi connectivity index (χ1v) is 9.19. The lowest BCUT2D eigenvalue weighted by molar-refractivity contribution is -0.113. The van der Waals surface area contributed by atoms with Crippen LogP contribution in [0.3, 0.4) is 0 Å². The summed E-state index contributed by atoms with van der Waals surface area (Å²) in [7, 11) is 0. The highest BCUT2D eigenvalue weighted by Crippen LogP contribution is 2.24. The molecule has 0 aliphatic heterocycles. The van der Waals surface area contributed by atoms with Crippen LogP contribution in [-0.2, 0) is 4.79 Å². The van der Waals surface area contributed by atoms with Crippen LogP contribution < -0.4 is 5.32 Å². The van der Waals surface area contributed by atoms with Gasteiger partial charge in [0.15, 0.2) is 5.16 Å². The normalized spacial score (nSPS) is 10.7. The summed E-state index contributed by atoms with van der Waals surface area (Å²) in [5, 5.41) is 4.29. The van der Waals surface area contributed by atoms with Crippen LogP contribution in [0.1, 0.15) is 11.1 Å². The van der Waals surface area contributed by atoms with Crippen LogP contribution in [0.4, 0.5) is 5.69 Å². The number of benzene rings is 2. The van der Waals surface area contributed by atoms with Gasteiger partial charge in [0.1, 0.15) is 0 Å². The van der Waals surface area contributed by atoms with Crippen molar-refractivity contribution >= 4 is 35.0 Å². The molecular weight excluding hydrogens is 354 g/mol. The van der Waals surface area contributed by atoms with Gasteiger partial charge in [-0.1, -0.05) is 35.5 Å². The van der Waals surface area contributed by atoms with Gasteiger partial charge >= 0.3 is 0 Å². The molecule has 0 atom stereocenters. The van der Waals surface area contributed by atoms with Gasteiger partial charge in [-0.05, 0) is 55.3 Å². The fourth-order valence-corrected chi connectivity index (χ4v) is 3.33. The second-order valence-electron chi connectivity index (χ2n) is 5.64. The number of carbonyl (C=O) groups is 1. The van der Waals surface area contributed by atoms with E-state index in [0.717, 1.165) is 16.5 Å². The number of aromatic nitrogens is 2. The topological polar surface area (TPSA) is 46.9 Å². The van der Waals surface area contributed by atoms with Crippen molar-refractivity contribution in [3.05, 3.63) is 71.0 Å². The van der Waals surface area contributed by atoms with E-state index in [4.69, 9.17) is 11.6 Å². The number of hydrogen-bond donors (Lipinski definition) is 1. The quantitative estimate of drug-likeness (QED) is 0.650. The van der Waals surface area contributed by atoms with E-state index in [1.54, 1.807) is 30.5 Å². The summed E-state index contributed by atoms with van der Waals surface area (Å²) in [6, 6.07) is 13.2. The number of thioether (sulfide) groups is 1. The van der Waals surface area contributed by atoms with Crippen LogP contribution in [0.25, 0.3) is 5.69 Å². The van der Waals surface area contributed by atoms with Gasteiger partial charge in [-0.15, -0.1) is 0 Å². The fourth-order valence-electron chi connectivity index (χ4n) is 2.44. The van der Waals surface area contributed by atoms with Crippen LogP contribution in [0.2, 0.25) is 5.02 Å². The number of hydrogen-bond acceptors (Lipinski definition) is 3. The minimum atomic E-state index is -0.0807. The van der Waals surface area contributed by atoms with E-state index < -0.39 is 0 Å². The third-order valence-corrected chi connectivity index (χ3v) is 5.12. The van der Waals surface area contributed by atoms with Gasteiger partial charge in [-0.2, -0.15) is 0 Å². The number of amides is 1. The monoisotopic (exact) mass is 371 g/mol. The van der Waals surface area contributed by atoms with Crippen molar-refractivity contribution < 1.29 is 4.79 Å². The number of halogens is 1. The molecule has 1 N–H and O–H groups in total. The Morgan fingerprint density at radius 2 is 1.96 bits per heavy atom. The molecule has 0 spiro atoms. The Kier molecular flexibility index (Phi) is 5.46. The van der Waals surface area contributed by atoms with E-state index in [-0.39, 0.29) is 11.7 Å². The summed E-state index contributed by atoms with van der Waals surface area (Å²) < 4.78 is 2.02. The maximum Gasteiger partial charge on any atom is 0.234 e. The number of anilines is 1. The Morgan fingerprint density at radius 1 is 1.20 bits per heavy atom. The largest absolute Gasteiger partial charge is 0.325 e. The average molecular weight is 372 g/mol. The summed E-state index contributed by atoms with van der Waals surface area (Å²) in [5.41, 5.74) is 4.24. The number of aryl methyl sites for hydroxylation is 1. The van der Waals surface area contributed by atoms with Gasteiger partial charge in [0.25, 0.3) is 0 Å². The highest BCUT2D eigenvalue weighted by Gasteiger charge is 2.11. The van der Waals surface area contributed by atoms with Gasteiger partial charge in [0.2, 0.25) is 5.91 Å². The van der Waals surface area contributed by atoms with E-state index in [0.29, 0.717) is 5.02 Å². The van der Waals surface area contributed by atoms with Crippen molar-refractivity contribution in [1.82, 2.24) is 9.55 Å². The second kappa shape index (κ2) is 7.76. The lowest BCUT2D eigenvalue weighted by atomic mass is 10.1. The van der Waals surface area contributed by atoms with Gasteiger partial charge in [-0.25, -0.2) is 4.98 Å². The Balaban J connectivity index is 1.68. The minimum Gasteiger partial charge on any atom is -0.325 e. The van der Waals surface area contributed by atoms with Crippen molar-refractivity contribution in [2.24, 2.45) is 0 Å². The molecule has 0 bridgehead atoms. The van der Waals surface area contributed by atoms with E-state index >= 15 is 0 Å². The Bertz CT molecular complexity index is 890. The number of nitrogens with one attached hydrogen (secondary N) is 1. The molecule has 6 heteroatoms. The number of carbonyl (C=O) groups excluding carboxylic acids is 1. The maximum absolute atomic E-state index is 12.2. The first-order valence-electron chi connectivity index (χ1n) is 7.83.